The summed E-state index contributed by atoms with van der Waals surface area (Å²) in [5, 5.41) is 54.5. The van der Waals surface area contributed by atoms with Crippen LogP contribution in [0.3, 0.4) is 0 Å². The molecule has 0 rings (SSSR count). The van der Waals surface area contributed by atoms with E-state index >= 15 is 0 Å². The summed E-state index contributed by atoms with van der Waals surface area (Å²) in [5.74, 6) is -9.96. The Morgan fingerprint density at radius 2 is 0.429 bits per heavy atom. The number of hydrogen-bond acceptors (Lipinski definition) is 6. The summed E-state index contributed by atoms with van der Waals surface area (Å²) in [6.45, 7) is 0. The molecule has 0 aliphatic carbocycles. The van der Waals surface area contributed by atoms with Crippen LogP contribution in [0.5, 0.6) is 0 Å². The first kappa shape index (κ1) is 43.7. The zero-order valence-electron chi connectivity index (χ0n) is 9.45. The summed E-state index contributed by atoms with van der Waals surface area (Å²) in [6, 6.07) is 0. The predicted molar refractivity (Wildman–Crippen MR) is 5.46 cm³/mol. The van der Waals surface area contributed by atoms with Crippen LogP contribution < -0.4 is 339 Å². The molecule has 0 atom stereocenters. The van der Waals surface area contributed by atoms with Gasteiger partial charge in [-0.05, 0) is 0 Å². The van der Waals surface area contributed by atoms with Gasteiger partial charge in [0.25, 0.3) is 0 Å². The Hall–Kier alpha value is 9.58. The molecule has 12 heteroatoms. The molecule has 0 bridgehead atoms. The second kappa shape index (κ2) is 22.6. The van der Waals surface area contributed by atoms with Crippen molar-refractivity contribution >= 4 is 0 Å². The summed E-state index contributed by atoms with van der Waals surface area (Å²) in [7, 11) is 0. The normalized spacial score (nSPS) is 8.14. The van der Waals surface area contributed by atoms with E-state index < -0.39 is 11.9 Å². The van der Waals surface area contributed by atoms with Gasteiger partial charge in [0.2, 0.25) is 0 Å². The van der Waals surface area contributed by atoms with Crippen LogP contribution >= 0.6 is 0 Å². The first-order valence-electron chi connectivity index (χ1n) is 1.47. The number of hydrogen-bond donors (Lipinski definition) is 0. The van der Waals surface area contributed by atoms with E-state index in [1.54, 1.807) is 0 Å². The molecule has 0 fully saturated rings. The van der Waals surface area contributed by atoms with E-state index in [0.29, 0.717) is 0 Å². The van der Waals surface area contributed by atoms with Gasteiger partial charge in [0.15, 0.2) is 0 Å². The fraction of sp³-hybridized carbons (Fsp3) is 1.00. The first-order valence-corrected chi connectivity index (χ1v) is 1.47. The van der Waals surface area contributed by atoms with Crippen LogP contribution in [0.15, 0.2) is 0 Å². The Labute approximate surface area is 337 Å². The summed E-state index contributed by atoms with van der Waals surface area (Å²) in [4.78, 5) is 0. The minimum Gasteiger partial charge on any atom is -0.879 e. The average molecular weight is 355 g/mol. The van der Waals surface area contributed by atoms with Crippen molar-refractivity contribution in [3.05, 3.63) is 0 Å². The number of rotatable bonds is 1. The second-order valence-corrected chi connectivity index (χ2v) is 1.11. The molecule has 14 heavy (non-hydrogen) atoms. The van der Waals surface area contributed by atoms with Crippen LogP contribution in [0, 0.1) is 0 Å². The maximum absolute atomic E-state index is 9.08. The first-order chi connectivity index (χ1) is 3.25. The largest absolute Gasteiger partial charge is 1.00 e. The summed E-state index contributed by atoms with van der Waals surface area (Å²) in [5.41, 5.74) is 0. The summed E-state index contributed by atoms with van der Waals surface area (Å²) < 4.78 is 0. The zero-order chi connectivity index (χ0) is 7.00. The van der Waals surface area contributed by atoms with Crippen molar-refractivity contribution in [1.29, 1.82) is 0 Å². The van der Waals surface area contributed by atoms with Gasteiger partial charge >= 0.3 is 308 Å². The Morgan fingerprint density at radius 3 is 0.429 bits per heavy atom. The van der Waals surface area contributed by atoms with Gasteiger partial charge in [-0.1, -0.05) is 0 Å². The third-order valence-corrected chi connectivity index (χ3v) is 0.375. The SMILES string of the molecule is [K+].[K+].[K+].[K+].[K+].[K+].[O-]C([O-])([O-])C([O-])([O-])[O-]. The third-order valence-electron chi connectivity index (χ3n) is 0.375. The van der Waals surface area contributed by atoms with Crippen LogP contribution in [-0.2, 0) is 0 Å². The van der Waals surface area contributed by atoms with Crippen molar-refractivity contribution in [2.45, 2.75) is 11.9 Å². The molecule has 0 aliphatic heterocycles. The molecule has 0 saturated carbocycles. The van der Waals surface area contributed by atoms with E-state index in [1.165, 1.54) is 0 Å². The zero-order valence-corrected chi connectivity index (χ0v) is 28.2. The minimum atomic E-state index is -4.98. The van der Waals surface area contributed by atoms with E-state index in [4.69, 9.17) is 30.6 Å². The molecule has 0 aliphatic rings. The average Bonchev–Trinajstić information content (AvgIpc) is 1.25. The molecule has 0 unspecified atom stereocenters. The van der Waals surface area contributed by atoms with E-state index in [0.717, 1.165) is 0 Å². The van der Waals surface area contributed by atoms with E-state index in [9.17, 15) is 0 Å². The smallest absolute Gasteiger partial charge is 0.879 e. The molecule has 0 radical (unpaired) electrons. The quantitative estimate of drug-likeness (QED) is 0.338. The van der Waals surface area contributed by atoms with Crippen molar-refractivity contribution in [2.75, 3.05) is 0 Å². The van der Waals surface area contributed by atoms with Crippen LogP contribution in [0.4, 0.5) is 0 Å². The van der Waals surface area contributed by atoms with Crippen LogP contribution in [0.1, 0.15) is 0 Å². The molecular weight excluding hydrogens is 355 g/mol. The molecule has 0 amide bonds. The molecule has 0 aromatic heterocycles. The van der Waals surface area contributed by atoms with Crippen LogP contribution in [0.2, 0.25) is 0 Å². The fourth-order valence-corrected chi connectivity index (χ4v) is 0. The van der Waals surface area contributed by atoms with Crippen molar-refractivity contribution < 1.29 is 339 Å². The van der Waals surface area contributed by atoms with Crippen molar-refractivity contribution in [3.63, 3.8) is 0 Å². The third kappa shape index (κ3) is 26.5. The standard InChI is InChI=1S/C2O6.6K/c3-1(4,5)2(6,7)8;;;;;;/q-6;6*+1. The molecule has 0 aromatic rings. The maximum atomic E-state index is 9.08. The minimum absolute atomic E-state index is 0. The Bertz CT molecular complexity index is 75.3. The van der Waals surface area contributed by atoms with Gasteiger partial charge in [-0.25, -0.2) is 0 Å². The molecule has 0 N–H and O–H groups in total. The summed E-state index contributed by atoms with van der Waals surface area (Å²) in [6.07, 6.45) is 0. The fourth-order valence-electron chi connectivity index (χ4n) is 0. The van der Waals surface area contributed by atoms with Gasteiger partial charge in [-0.3, -0.25) is 0 Å². The molecule has 0 heterocycles. The van der Waals surface area contributed by atoms with Crippen molar-refractivity contribution in [3.8, 4) is 0 Å². The Kier molecular flexibility index (Phi) is 70.5. The maximum Gasteiger partial charge on any atom is 1.00 e. The van der Waals surface area contributed by atoms with Gasteiger partial charge in [0, 0.05) is 0 Å². The van der Waals surface area contributed by atoms with Gasteiger partial charge in [0.1, 0.15) is 0 Å². The summed E-state index contributed by atoms with van der Waals surface area (Å²) >= 11 is 0. The van der Waals surface area contributed by atoms with Crippen LogP contribution in [-0.4, -0.2) is 11.9 Å². The predicted octanol–water partition coefficient (Wildman–Crippen LogP) is -25.5. The molecule has 0 spiro atoms. The van der Waals surface area contributed by atoms with Gasteiger partial charge in [-0.15, -0.1) is 0 Å². The van der Waals surface area contributed by atoms with Crippen LogP contribution in [0.25, 0.3) is 0 Å². The molecule has 6 nitrogen and oxygen atoms in total. The topological polar surface area (TPSA) is 138 Å². The van der Waals surface area contributed by atoms with Gasteiger partial charge in [0.05, 0.1) is 0 Å². The van der Waals surface area contributed by atoms with Gasteiger partial charge < -0.3 is 42.6 Å². The molecule has 50 valence electrons. The molecule has 0 aromatic carbocycles. The molecular formula is C2K6O6. The monoisotopic (exact) mass is 354 g/mol. The van der Waals surface area contributed by atoms with E-state index in [1.807, 2.05) is 0 Å². The molecule has 0 saturated heterocycles. The van der Waals surface area contributed by atoms with Crippen molar-refractivity contribution in [2.24, 2.45) is 0 Å². The van der Waals surface area contributed by atoms with Crippen molar-refractivity contribution in [1.82, 2.24) is 0 Å². The second-order valence-electron chi connectivity index (χ2n) is 1.11. The Balaban J connectivity index is -0.0000000163. The van der Waals surface area contributed by atoms with E-state index in [-0.39, 0.29) is 308 Å². The van der Waals surface area contributed by atoms with Gasteiger partial charge in [-0.2, -0.15) is 0 Å². The Morgan fingerprint density at radius 1 is 0.357 bits per heavy atom. The van der Waals surface area contributed by atoms with E-state index in [2.05, 4.69) is 0 Å².